The van der Waals surface area contributed by atoms with E-state index >= 15 is 0 Å². The number of benzene rings is 3. The van der Waals surface area contributed by atoms with Gasteiger partial charge in [-0.25, -0.2) is 4.98 Å². The number of aromatic nitrogens is 1. The van der Waals surface area contributed by atoms with Crippen LogP contribution in [0.15, 0.2) is 90.3 Å². The van der Waals surface area contributed by atoms with Crippen LogP contribution in [0.2, 0.25) is 0 Å². The van der Waals surface area contributed by atoms with Gasteiger partial charge in [0.2, 0.25) is 0 Å². The first-order valence-corrected chi connectivity index (χ1v) is 12.1. The van der Waals surface area contributed by atoms with Crippen LogP contribution in [0.25, 0.3) is 17.2 Å². The molecule has 0 aliphatic heterocycles. The molecule has 2 amide bonds. The molecule has 7 nitrogen and oxygen atoms in total. The van der Waals surface area contributed by atoms with Gasteiger partial charge in [0.1, 0.15) is 18.1 Å². The van der Waals surface area contributed by atoms with Crippen molar-refractivity contribution in [1.29, 1.82) is 0 Å². The minimum atomic E-state index is -0.488. The summed E-state index contributed by atoms with van der Waals surface area (Å²) < 4.78 is 11.6. The highest BCUT2D eigenvalue weighted by molar-refractivity contribution is 7.09. The van der Waals surface area contributed by atoms with Crippen molar-refractivity contribution in [2.75, 3.05) is 6.61 Å². The van der Waals surface area contributed by atoms with E-state index < -0.39 is 11.8 Å². The second-order valence-corrected chi connectivity index (χ2v) is 8.77. The van der Waals surface area contributed by atoms with Gasteiger partial charge in [0.25, 0.3) is 11.8 Å². The monoisotopic (exact) mass is 499 g/mol. The van der Waals surface area contributed by atoms with Crippen LogP contribution in [-0.2, 0) is 16.2 Å². The zero-order chi connectivity index (χ0) is 25.2. The number of ether oxygens (including phenoxy) is 2. The number of nitrogens with zero attached hydrogens (tertiary/aromatic N) is 1. The van der Waals surface area contributed by atoms with Gasteiger partial charge in [0, 0.05) is 22.6 Å². The molecule has 0 saturated carbocycles. The van der Waals surface area contributed by atoms with Crippen LogP contribution in [0, 0.1) is 6.92 Å². The minimum Gasteiger partial charge on any atom is -0.487 e. The lowest BCUT2D eigenvalue weighted by atomic mass is 10.1. The maximum atomic E-state index is 12.2. The molecule has 4 rings (SSSR count). The molecule has 0 unspecified atom stereocenters. The molecular formula is C28H25N3O4S. The standard InChI is InChI=1S/C28H25N3O4S/c1-20-29-23(19-36-20)17-34-25-13-7-5-11-22(25)15-16-27(32)30-31-28(33)18-35-26-14-8-6-12-24(26)21-9-3-2-4-10-21/h2-16,19H,17-18H2,1H3,(H,30,32)(H,31,33)/b16-15+. The number of amides is 2. The number of para-hydroxylation sites is 2. The summed E-state index contributed by atoms with van der Waals surface area (Å²) >= 11 is 1.57. The van der Waals surface area contributed by atoms with Crippen LogP contribution in [-0.4, -0.2) is 23.4 Å². The first kappa shape index (κ1) is 24.7. The number of carbonyl (C=O) groups is 2. The summed E-state index contributed by atoms with van der Waals surface area (Å²) in [4.78, 5) is 28.8. The molecule has 1 heterocycles. The predicted octanol–water partition coefficient (Wildman–Crippen LogP) is 4.94. The molecule has 4 aromatic rings. The van der Waals surface area contributed by atoms with Crippen molar-refractivity contribution >= 4 is 29.2 Å². The van der Waals surface area contributed by atoms with Gasteiger partial charge >= 0.3 is 0 Å². The highest BCUT2D eigenvalue weighted by Crippen LogP contribution is 2.29. The lowest BCUT2D eigenvalue weighted by Crippen LogP contribution is -2.43. The average Bonchev–Trinajstić information content (AvgIpc) is 3.34. The Bertz CT molecular complexity index is 1350. The smallest absolute Gasteiger partial charge is 0.276 e. The Kier molecular flexibility index (Phi) is 8.45. The fourth-order valence-corrected chi connectivity index (χ4v) is 3.94. The molecule has 0 fully saturated rings. The molecule has 36 heavy (non-hydrogen) atoms. The summed E-state index contributed by atoms with van der Waals surface area (Å²) in [5.41, 5.74) is 8.16. The number of hydrazine groups is 1. The van der Waals surface area contributed by atoms with Crippen molar-refractivity contribution in [3.05, 3.63) is 107 Å². The van der Waals surface area contributed by atoms with Crippen molar-refractivity contribution in [1.82, 2.24) is 15.8 Å². The highest BCUT2D eigenvalue weighted by atomic mass is 32.1. The Labute approximate surface area is 213 Å². The van der Waals surface area contributed by atoms with Crippen LogP contribution in [0.5, 0.6) is 11.5 Å². The largest absolute Gasteiger partial charge is 0.487 e. The van der Waals surface area contributed by atoms with E-state index in [4.69, 9.17) is 9.47 Å². The Hall–Kier alpha value is -4.43. The molecule has 0 bridgehead atoms. The van der Waals surface area contributed by atoms with Crippen LogP contribution in [0.4, 0.5) is 0 Å². The summed E-state index contributed by atoms with van der Waals surface area (Å²) in [5, 5.41) is 2.93. The Balaban J connectivity index is 1.27. The number of nitrogens with one attached hydrogen (secondary N) is 2. The summed E-state index contributed by atoms with van der Waals surface area (Å²) in [6.45, 7) is 2.03. The molecule has 0 radical (unpaired) electrons. The first-order chi connectivity index (χ1) is 17.6. The number of thiazole rings is 1. The van der Waals surface area contributed by atoms with Gasteiger partial charge in [-0.3, -0.25) is 20.4 Å². The van der Waals surface area contributed by atoms with Gasteiger partial charge in [0.05, 0.1) is 10.7 Å². The van der Waals surface area contributed by atoms with Gasteiger partial charge < -0.3 is 9.47 Å². The molecule has 0 atom stereocenters. The second kappa shape index (κ2) is 12.3. The zero-order valence-corrected chi connectivity index (χ0v) is 20.5. The number of carbonyl (C=O) groups excluding carboxylic acids is 2. The molecule has 0 saturated heterocycles. The van der Waals surface area contributed by atoms with Gasteiger partial charge in [0.15, 0.2) is 6.61 Å². The molecule has 0 aliphatic carbocycles. The third-order valence-corrected chi connectivity index (χ3v) is 5.85. The van der Waals surface area contributed by atoms with E-state index in [9.17, 15) is 9.59 Å². The van der Waals surface area contributed by atoms with Crippen molar-refractivity contribution in [2.45, 2.75) is 13.5 Å². The van der Waals surface area contributed by atoms with E-state index in [0.29, 0.717) is 18.1 Å². The zero-order valence-electron chi connectivity index (χ0n) is 19.6. The van der Waals surface area contributed by atoms with E-state index in [1.165, 1.54) is 6.08 Å². The third-order valence-electron chi connectivity index (χ3n) is 5.03. The highest BCUT2D eigenvalue weighted by Gasteiger charge is 2.09. The molecule has 1 aromatic heterocycles. The van der Waals surface area contributed by atoms with Gasteiger partial charge in [-0.15, -0.1) is 11.3 Å². The topological polar surface area (TPSA) is 89.5 Å². The van der Waals surface area contributed by atoms with Gasteiger partial charge in [-0.1, -0.05) is 66.7 Å². The molecule has 2 N–H and O–H groups in total. The molecule has 3 aromatic carbocycles. The maximum absolute atomic E-state index is 12.2. The first-order valence-electron chi connectivity index (χ1n) is 11.3. The van der Waals surface area contributed by atoms with Crippen molar-refractivity contribution in [3.63, 3.8) is 0 Å². The summed E-state index contributed by atoms with van der Waals surface area (Å²) in [6.07, 6.45) is 2.94. The maximum Gasteiger partial charge on any atom is 0.276 e. The minimum absolute atomic E-state index is 0.249. The van der Waals surface area contributed by atoms with E-state index in [2.05, 4.69) is 15.8 Å². The van der Waals surface area contributed by atoms with E-state index in [1.807, 2.05) is 85.1 Å². The number of aryl methyl sites for hydroxylation is 1. The van der Waals surface area contributed by atoms with E-state index in [1.54, 1.807) is 23.5 Å². The molecule has 0 aliphatic rings. The Morgan fingerprint density at radius 1 is 0.889 bits per heavy atom. The molecular weight excluding hydrogens is 474 g/mol. The molecule has 0 spiro atoms. The lowest BCUT2D eigenvalue weighted by Gasteiger charge is -2.12. The van der Waals surface area contributed by atoms with E-state index in [-0.39, 0.29) is 6.61 Å². The normalized spacial score (nSPS) is 10.7. The van der Waals surface area contributed by atoms with Crippen molar-refractivity contribution in [3.8, 4) is 22.6 Å². The third kappa shape index (κ3) is 7.04. The summed E-state index contributed by atoms with van der Waals surface area (Å²) in [7, 11) is 0. The fraction of sp³-hybridized carbons (Fsp3) is 0.107. The summed E-state index contributed by atoms with van der Waals surface area (Å²) in [5.74, 6) is 0.232. The summed E-state index contributed by atoms with van der Waals surface area (Å²) in [6, 6.07) is 24.6. The second-order valence-electron chi connectivity index (χ2n) is 7.71. The van der Waals surface area contributed by atoms with Gasteiger partial charge in [-0.05, 0) is 30.7 Å². The van der Waals surface area contributed by atoms with Crippen molar-refractivity contribution in [2.24, 2.45) is 0 Å². The van der Waals surface area contributed by atoms with Crippen LogP contribution >= 0.6 is 11.3 Å². The Morgan fingerprint density at radius 2 is 1.61 bits per heavy atom. The van der Waals surface area contributed by atoms with Gasteiger partial charge in [-0.2, -0.15) is 0 Å². The van der Waals surface area contributed by atoms with E-state index in [0.717, 1.165) is 27.4 Å². The number of hydrogen-bond donors (Lipinski definition) is 2. The fourth-order valence-electron chi connectivity index (χ4n) is 3.34. The lowest BCUT2D eigenvalue weighted by molar-refractivity contribution is -0.128. The average molecular weight is 500 g/mol. The Morgan fingerprint density at radius 3 is 2.39 bits per heavy atom. The van der Waals surface area contributed by atoms with Crippen LogP contribution in [0.1, 0.15) is 16.3 Å². The van der Waals surface area contributed by atoms with Crippen LogP contribution < -0.4 is 20.3 Å². The molecule has 8 heteroatoms. The quantitative estimate of drug-likeness (QED) is 0.252. The van der Waals surface area contributed by atoms with Crippen LogP contribution in [0.3, 0.4) is 0 Å². The SMILES string of the molecule is Cc1nc(COc2ccccc2/C=C/C(=O)NNC(=O)COc2ccccc2-c2ccccc2)cs1. The number of hydrogen-bond acceptors (Lipinski definition) is 6. The predicted molar refractivity (Wildman–Crippen MR) is 140 cm³/mol. The molecule has 182 valence electrons. The van der Waals surface area contributed by atoms with Crippen molar-refractivity contribution < 1.29 is 19.1 Å². The number of rotatable bonds is 9.